The molecule has 24 heavy (non-hydrogen) atoms. The van der Waals surface area contributed by atoms with Gasteiger partial charge in [-0.1, -0.05) is 11.6 Å². The maximum Gasteiger partial charge on any atom is 0.191 e. The zero-order valence-corrected chi connectivity index (χ0v) is 14.6. The van der Waals surface area contributed by atoms with Crippen LogP contribution in [0.15, 0.2) is 41.5 Å². The van der Waals surface area contributed by atoms with Gasteiger partial charge in [0.05, 0.1) is 20.4 Å². The van der Waals surface area contributed by atoms with Crippen LogP contribution in [0, 0.1) is 0 Å². The molecule has 126 valence electrons. The summed E-state index contributed by atoms with van der Waals surface area (Å²) in [6, 6.07) is 9.97. The van der Waals surface area contributed by atoms with Crippen LogP contribution in [0.25, 0.3) is 0 Å². The molecule has 0 unspecified atom stereocenters. The van der Waals surface area contributed by atoms with E-state index >= 15 is 0 Å². The second kappa shape index (κ2) is 8.37. The lowest BCUT2D eigenvalue weighted by atomic mass is 10.2. The molecule has 0 aromatic heterocycles. The van der Waals surface area contributed by atoms with Crippen molar-refractivity contribution in [2.24, 2.45) is 5.10 Å². The van der Waals surface area contributed by atoms with Gasteiger partial charge in [0.2, 0.25) is 0 Å². The SMILES string of the molecule is COc1ccc(NC(=S)N/N=C/c2cc(Cl)ccc2O)cc1OC. The van der Waals surface area contributed by atoms with Gasteiger partial charge < -0.3 is 19.9 Å². The highest BCUT2D eigenvalue weighted by Gasteiger charge is 2.05. The smallest absolute Gasteiger partial charge is 0.191 e. The monoisotopic (exact) mass is 365 g/mol. The quantitative estimate of drug-likeness (QED) is 0.428. The molecular formula is C16H16ClN3O3S. The Morgan fingerprint density at radius 2 is 1.92 bits per heavy atom. The van der Waals surface area contributed by atoms with E-state index in [-0.39, 0.29) is 10.9 Å². The first-order chi connectivity index (χ1) is 11.5. The highest BCUT2D eigenvalue weighted by molar-refractivity contribution is 7.80. The molecule has 0 saturated carbocycles. The highest BCUT2D eigenvalue weighted by Crippen LogP contribution is 2.29. The number of nitrogens with one attached hydrogen (secondary N) is 2. The summed E-state index contributed by atoms with van der Waals surface area (Å²) in [6.07, 6.45) is 1.42. The fraction of sp³-hybridized carbons (Fsp3) is 0.125. The first kappa shape index (κ1) is 17.8. The summed E-state index contributed by atoms with van der Waals surface area (Å²) in [5.74, 6) is 1.28. The number of hydrazone groups is 1. The first-order valence-corrected chi connectivity index (χ1v) is 7.62. The number of nitrogens with zero attached hydrogens (tertiary/aromatic N) is 1. The molecular weight excluding hydrogens is 350 g/mol. The Bertz CT molecular complexity index is 768. The van der Waals surface area contributed by atoms with Crippen LogP contribution in [0.5, 0.6) is 17.2 Å². The van der Waals surface area contributed by atoms with Crippen molar-refractivity contribution < 1.29 is 14.6 Å². The third-order valence-corrected chi connectivity index (χ3v) is 3.43. The molecule has 0 amide bonds. The van der Waals surface area contributed by atoms with Gasteiger partial charge >= 0.3 is 0 Å². The summed E-state index contributed by atoms with van der Waals surface area (Å²) in [7, 11) is 3.12. The molecule has 0 aliphatic heterocycles. The lowest BCUT2D eigenvalue weighted by Gasteiger charge is -2.11. The van der Waals surface area contributed by atoms with Gasteiger partial charge in [0.25, 0.3) is 0 Å². The highest BCUT2D eigenvalue weighted by atomic mass is 35.5. The van der Waals surface area contributed by atoms with Crippen molar-refractivity contribution >= 4 is 40.8 Å². The van der Waals surface area contributed by atoms with Crippen molar-refractivity contribution in [1.29, 1.82) is 0 Å². The molecule has 2 aromatic carbocycles. The molecule has 6 nitrogen and oxygen atoms in total. The fourth-order valence-corrected chi connectivity index (χ4v) is 2.21. The molecule has 0 bridgehead atoms. The maximum atomic E-state index is 9.69. The number of methoxy groups -OCH3 is 2. The normalized spacial score (nSPS) is 10.5. The van der Waals surface area contributed by atoms with E-state index in [1.54, 1.807) is 44.6 Å². The zero-order valence-electron chi connectivity index (χ0n) is 13.0. The topological polar surface area (TPSA) is 75.1 Å². The number of halogens is 1. The van der Waals surface area contributed by atoms with Gasteiger partial charge in [0.1, 0.15) is 5.75 Å². The van der Waals surface area contributed by atoms with Crippen molar-refractivity contribution in [3.8, 4) is 17.2 Å². The minimum Gasteiger partial charge on any atom is -0.507 e. The Labute approximate surface area is 150 Å². The van der Waals surface area contributed by atoms with Gasteiger partial charge in [0, 0.05) is 22.3 Å². The van der Waals surface area contributed by atoms with Gasteiger partial charge in [0.15, 0.2) is 16.6 Å². The average Bonchev–Trinajstić information content (AvgIpc) is 2.57. The van der Waals surface area contributed by atoms with Crippen LogP contribution in [0.1, 0.15) is 5.56 Å². The van der Waals surface area contributed by atoms with E-state index in [9.17, 15) is 5.11 Å². The molecule has 0 aliphatic rings. The summed E-state index contributed by atoms with van der Waals surface area (Å²) >= 11 is 11.0. The first-order valence-electron chi connectivity index (χ1n) is 6.84. The molecule has 0 aliphatic carbocycles. The number of rotatable bonds is 5. The third-order valence-electron chi connectivity index (χ3n) is 3.00. The summed E-state index contributed by atoms with van der Waals surface area (Å²) < 4.78 is 10.4. The number of aromatic hydroxyl groups is 1. The summed E-state index contributed by atoms with van der Waals surface area (Å²) in [5, 5.41) is 17.4. The number of ether oxygens (including phenoxy) is 2. The Kier molecular flexibility index (Phi) is 6.22. The number of hydrogen-bond donors (Lipinski definition) is 3. The maximum absolute atomic E-state index is 9.69. The van der Waals surface area contributed by atoms with Crippen molar-refractivity contribution in [2.75, 3.05) is 19.5 Å². The van der Waals surface area contributed by atoms with Gasteiger partial charge in [-0.25, -0.2) is 0 Å². The predicted octanol–water partition coefficient (Wildman–Crippen LogP) is 3.38. The van der Waals surface area contributed by atoms with Crippen LogP contribution in [-0.4, -0.2) is 30.7 Å². The Balaban J connectivity index is 1.98. The van der Waals surface area contributed by atoms with Crippen LogP contribution in [0.2, 0.25) is 5.02 Å². The predicted molar refractivity (Wildman–Crippen MR) is 99.6 cm³/mol. The molecule has 3 N–H and O–H groups in total. The van der Waals surface area contributed by atoms with E-state index in [2.05, 4.69) is 15.8 Å². The van der Waals surface area contributed by atoms with Crippen molar-refractivity contribution in [2.45, 2.75) is 0 Å². The van der Waals surface area contributed by atoms with Crippen LogP contribution in [-0.2, 0) is 0 Å². The molecule has 2 aromatic rings. The Hall–Kier alpha value is -2.51. The molecule has 0 heterocycles. The van der Waals surface area contributed by atoms with E-state index in [4.69, 9.17) is 33.3 Å². The van der Waals surface area contributed by atoms with Crippen molar-refractivity contribution in [1.82, 2.24) is 5.43 Å². The van der Waals surface area contributed by atoms with Crippen LogP contribution in [0.3, 0.4) is 0 Å². The molecule has 0 radical (unpaired) electrons. The van der Waals surface area contributed by atoms with Crippen molar-refractivity contribution in [3.05, 3.63) is 47.0 Å². The fourth-order valence-electron chi connectivity index (χ4n) is 1.86. The second-order valence-corrected chi connectivity index (χ2v) is 5.44. The third kappa shape index (κ3) is 4.74. The van der Waals surface area contributed by atoms with Crippen molar-refractivity contribution in [3.63, 3.8) is 0 Å². The summed E-state index contributed by atoms with van der Waals surface area (Å²) in [6.45, 7) is 0. The molecule has 0 fully saturated rings. The molecule has 0 atom stereocenters. The van der Waals surface area contributed by atoms with Gasteiger partial charge in [-0.3, -0.25) is 5.43 Å². The number of thiocarbonyl (C=S) groups is 1. The van der Waals surface area contributed by atoms with Gasteiger partial charge in [-0.2, -0.15) is 5.10 Å². The second-order valence-electron chi connectivity index (χ2n) is 4.60. The summed E-state index contributed by atoms with van der Waals surface area (Å²) in [4.78, 5) is 0. The Morgan fingerprint density at radius 1 is 1.17 bits per heavy atom. The molecule has 2 rings (SSSR count). The standard InChI is InChI=1S/C16H16ClN3O3S/c1-22-14-6-4-12(8-15(14)23-2)19-16(24)20-18-9-10-7-11(17)3-5-13(10)21/h3-9,21H,1-2H3,(H2,19,20,24)/b18-9+. The minimum atomic E-state index is 0.0729. The minimum absolute atomic E-state index is 0.0729. The zero-order chi connectivity index (χ0) is 17.5. The lowest BCUT2D eigenvalue weighted by Crippen LogP contribution is -2.23. The number of anilines is 1. The summed E-state index contributed by atoms with van der Waals surface area (Å²) in [5.41, 5.74) is 3.85. The average molecular weight is 366 g/mol. The van der Waals surface area contributed by atoms with Gasteiger partial charge in [-0.15, -0.1) is 0 Å². The molecule has 0 saturated heterocycles. The van der Waals surface area contributed by atoms with Gasteiger partial charge in [-0.05, 0) is 42.5 Å². The van der Waals surface area contributed by atoms with E-state index in [0.717, 1.165) is 0 Å². The van der Waals surface area contributed by atoms with E-state index < -0.39 is 0 Å². The van der Waals surface area contributed by atoms with E-state index in [1.807, 2.05) is 0 Å². The number of hydrogen-bond acceptors (Lipinski definition) is 5. The van der Waals surface area contributed by atoms with E-state index in [1.165, 1.54) is 12.3 Å². The molecule has 0 spiro atoms. The molecule has 8 heteroatoms. The van der Waals surface area contributed by atoms with Crippen LogP contribution in [0.4, 0.5) is 5.69 Å². The van der Waals surface area contributed by atoms with E-state index in [0.29, 0.717) is 27.8 Å². The largest absolute Gasteiger partial charge is 0.507 e. The van der Waals surface area contributed by atoms with Crippen LogP contribution >= 0.6 is 23.8 Å². The Morgan fingerprint density at radius 3 is 2.62 bits per heavy atom. The number of phenolic OH excluding ortho intramolecular Hbond substituents is 1. The number of benzene rings is 2. The van der Waals surface area contributed by atoms with Crippen LogP contribution < -0.4 is 20.2 Å². The lowest BCUT2D eigenvalue weighted by molar-refractivity contribution is 0.355. The number of phenols is 1.